The van der Waals surface area contributed by atoms with Crippen LogP contribution in [0.4, 0.5) is 10.5 Å². The number of amides is 2. The molecule has 3 N–H and O–H groups in total. The second kappa shape index (κ2) is 6.61. The van der Waals surface area contributed by atoms with Gasteiger partial charge in [0.2, 0.25) is 0 Å². The third-order valence-corrected chi connectivity index (χ3v) is 3.72. The number of rotatable bonds is 3. The van der Waals surface area contributed by atoms with Crippen LogP contribution in [-0.4, -0.2) is 23.1 Å². The van der Waals surface area contributed by atoms with Crippen LogP contribution < -0.4 is 10.6 Å². The zero-order valence-corrected chi connectivity index (χ0v) is 11.7. The van der Waals surface area contributed by atoms with E-state index in [9.17, 15) is 9.59 Å². The zero-order chi connectivity index (χ0) is 14.5. The first kappa shape index (κ1) is 14.7. The highest BCUT2D eigenvalue weighted by Gasteiger charge is 2.16. The molecule has 0 radical (unpaired) electrons. The number of carbonyl (C=O) groups is 2. The number of halogens is 1. The van der Waals surface area contributed by atoms with Gasteiger partial charge in [-0.05, 0) is 31.0 Å². The Balaban J connectivity index is 1.96. The van der Waals surface area contributed by atoms with Crippen molar-refractivity contribution in [1.29, 1.82) is 0 Å². The first-order valence-corrected chi connectivity index (χ1v) is 7.04. The van der Waals surface area contributed by atoms with Crippen LogP contribution in [0.3, 0.4) is 0 Å². The van der Waals surface area contributed by atoms with Crippen LogP contribution in [0, 0.1) is 0 Å². The van der Waals surface area contributed by atoms with Crippen molar-refractivity contribution in [2.45, 2.75) is 38.1 Å². The van der Waals surface area contributed by atoms with Gasteiger partial charge in [-0.25, -0.2) is 9.59 Å². The first-order valence-electron chi connectivity index (χ1n) is 6.66. The topological polar surface area (TPSA) is 78.4 Å². The van der Waals surface area contributed by atoms with Crippen molar-refractivity contribution >= 4 is 29.3 Å². The molecule has 2 amide bonds. The van der Waals surface area contributed by atoms with Gasteiger partial charge in [-0.15, -0.1) is 0 Å². The Bertz CT molecular complexity index is 513. The van der Waals surface area contributed by atoms with Crippen LogP contribution in [0.2, 0.25) is 5.02 Å². The molecule has 0 aromatic heterocycles. The maximum absolute atomic E-state index is 11.8. The van der Waals surface area contributed by atoms with Gasteiger partial charge in [0.05, 0.1) is 10.6 Å². The summed E-state index contributed by atoms with van der Waals surface area (Å²) in [6, 6.07) is 4.28. The van der Waals surface area contributed by atoms with E-state index in [1.807, 2.05) is 0 Å². The molecule has 2 rings (SSSR count). The fourth-order valence-electron chi connectivity index (χ4n) is 2.37. The fraction of sp³-hybridized carbons (Fsp3) is 0.429. The van der Waals surface area contributed by atoms with E-state index in [-0.39, 0.29) is 22.7 Å². The summed E-state index contributed by atoms with van der Waals surface area (Å²) in [5.74, 6) is -1.12. The van der Waals surface area contributed by atoms with Gasteiger partial charge in [-0.2, -0.15) is 0 Å². The second-order valence-corrected chi connectivity index (χ2v) is 5.34. The highest BCUT2D eigenvalue weighted by molar-refractivity contribution is 6.33. The van der Waals surface area contributed by atoms with Gasteiger partial charge in [0.1, 0.15) is 0 Å². The predicted molar refractivity (Wildman–Crippen MR) is 77.4 cm³/mol. The molecule has 0 heterocycles. The molecular formula is C14H17ClN2O3. The Morgan fingerprint density at radius 2 is 1.90 bits per heavy atom. The minimum absolute atomic E-state index is 0.0258. The Morgan fingerprint density at radius 1 is 1.20 bits per heavy atom. The predicted octanol–water partition coefficient (Wildman–Crippen LogP) is 3.49. The van der Waals surface area contributed by atoms with Gasteiger partial charge in [-0.1, -0.05) is 30.9 Å². The molecule has 0 bridgehead atoms. The van der Waals surface area contributed by atoms with Crippen molar-refractivity contribution < 1.29 is 14.7 Å². The lowest BCUT2D eigenvalue weighted by atomic mass is 9.96. The SMILES string of the molecule is O=C(Nc1ccc(Cl)c(C(=O)O)c1)NC1CCCCC1. The Hall–Kier alpha value is -1.75. The van der Waals surface area contributed by atoms with Crippen molar-refractivity contribution in [3.63, 3.8) is 0 Å². The summed E-state index contributed by atoms with van der Waals surface area (Å²) < 4.78 is 0. The average molecular weight is 297 g/mol. The summed E-state index contributed by atoms with van der Waals surface area (Å²) in [6.07, 6.45) is 5.48. The minimum Gasteiger partial charge on any atom is -0.478 e. The number of hydrogen-bond acceptors (Lipinski definition) is 2. The van der Waals surface area contributed by atoms with Gasteiger partial charge in [0.25, 0.3) is 0 Å². The van der Waals surface area contributed by atoms with Crippen LogP contribution in [0.5, 0.6) is 0 Å². The van der Waals surface area contributed by atoms with Crippen molar-refractivity contribution in [3.8, 4) is 0 Å². The average Bonchev–Trinajstić information content (AvgIpc) is 2.41. The largest absolute Gasteiger partial charge is 0.478 e. The first-order chi connectivity index (χ1) is 9.56. The summed E-state index contributed by atoms with van der Waals surface area (Å²) in [7, 11) is 0. The number of nitrogens with one attached hydrogen (secondary N) is 2. The molecule has 0 saturated heterocycles. The third kappa shape index (κ3) is 3.87. The monoisotopic (exact) mass is 296 g/mol. The Kier molecular flexibility index (Phi) is 4.84. The van der Waals surface area contributed by atoms with E-state index in [2.05, 4.69) is 10.6 Å². The van der Waals surface area contributed by atoms with E-state index >= 15 is 0 Å². The standard InChI is InChI=1S/C14H17ClN2O3/c15-12-7-6-10(8-11(12)13(18)19)17-14(20)16-9-4-2-1-3-5-9/h6-9H,1-5H2,(H,18,19)(H2,16,17,20). The van der Waals surface area contributed by atoms with E-state index in [4.69, 9.17) is 16.7 Å². The smallest absolute Gasteiger partial charge is 0.337 e. The molecule has 1 aliphatic carbocycles. The second-order valence-electron chi connectivity index (χ2n) is 4.93. The molecule has 1 aromatic carbocycles. The van der Waals surface area contributed by atoms with Crippen molar-refractivity contribution in [1.82, 2.24) is 5.32 Å². The third-order valence-electron chi connectivity index (χ3n) is 3.40. The van der Waals surface area contributed by atoms with Gasteiger partial charge in [0.15, 0.2) is 0 Å². The minimum atomic E-state index is -1.12. The molecular weight excluding hydrogens is 280 g/mol. The van der Waals surface area contributed by atoms with E-state index in [1.54, 1.807) is 6.07 Å². The highest BCUT2D eigenvalue weighted by atomic mass is 35.5. The number of hydrogen-bond donors (Lipinski definition) is 3. The molecule has 0 unspecified atom stereocenters. The molecule has 108 valence electrons. The van der Waals surface area contributed by atoms with Crippen LogP contribution >= 0.6 is 11.6 Å². The fourth-order valence-corrected chi connectivity index (χ4v) is 2.56. The molecule has 6 heteroatoms. The summed E-state index contributed by atoms with van der Waals surface area (Å²) in [5.41, 5.74) is 0.391. The van der Waals surface area contributed by atoms with Crippen molar-refractivity contribution in [2.24, 2.45) is 0 Å². The van der Waals surface area contributed by atoms with Gasteiger partial charge < -0.3 is 15.7 Å². The van der Waals surface area contributed by atoms with Gasteiger partial charge in [0, 0.05) is 11.7 Å². The van der Waals surface area contributed by atoms with E-state index in [1.165, 1.54) is 18.6 Å². The summed E-state index contributed by atoms with van der Waals surface area (Å²) in [5, 5.41) is 14.7. The molecule has 5 nitrogen and oxygen atoms in total. The van der Waals surface area contributed by atoms with Crippen LogP contribution in [-0.2, 0) is 0 Å². The molecule has 0 spiro atoms. The molecule has 0 aliphatic heterocycles. The number of benzene rings is 1. The highest BCUT2D eigenvalue weighted by Crippen LogP contribution is 2.21. The summed E-state index contributed by atoms with van der Waals surface area (Å²) in [6.45, 7) is 0. The molecule has 1 aromatic rings. The molecule has 1 saturated carbocycles. The Labute approximate surface area is 122 Å². The molecule has 20 heavy (non-hydrogen) atoms. The van der Waals surface area contributed by atoms with Crippen LogP contribution in [0.1, 0.15) is 42.5 Å². The summed E-state index contributed by atoms with van der Waals surface area (Å²) >= 11 is 5.77. The summed E-state index contributed by atoms with van der Waals surface area (Å²) in [4.78, 5) is 22.8. The molecule has 1 aliphatic rings. The maximum atomic E-state index is 11.8. The molecule has 0 atom stereocenters. The van der Waals surface area contributed by atoms with E-state index in [0.29, 0.717) is 5.69 Å². The number of urea groups is 1. The lowest BCUT2D eigenvalue weighted by Gasteiger charge is -2.22. The van der Waals surface area contributed by atoms with Crippen molar-refractivity contribution in [2.75, 3.05) is 5.32 Å². The number of carbonyl (C=O) groups excluding carboxylic acids is 1. The normalized spacial score (nSPS) is 15.7. The Morgan fingerprint density at radius 3 is 2.55 bits per heavy atom. The number of aromatic carboxylic acids is 1. The van der Waals surface area contributed by atoms with Crippen molar-refractivity contribution in [3.05, 3.63) is 28.8 Å². The maximum Gasteiger partial charge on any atom is 0.337 e. The lowest BCUT2D eigenvalue weighted by molar-refractivity contribution is 0.0697. The number of carboxylic acids is 1. The van der Waals surface area contributed by atoms with Crippen LogP contribution in [0.25, 0.3) is 0 Å². The van der Waals surface area contributed by atoms with E-state index in [0.717, 1.165) is 25.7 Å². The van der Waals surface area contributed by atoms with E-state index < -0.39 is 5.97 Å². The quantitative estimate of drug-likeness (QED) is 0.799. The lowest BCUT2D eigenvalue weighted by Crippen LogP contribution is -2.39. The van der Waals surface area contributed by atoms with Crippen LogP contribution in [0.15, 0.2) is 18.2 Å². The molecule has 1 fully saturated rings. The number of anilines is 1. The van der Waals surface area contributed by atoms with Gasteiger partial charge in [-0.3, -0.25) is 0 Å². The van der Waals surface area contributed by atoms with Gasteiger partial charge >= 0.3 is 12.0 Å². The zero-order valence-electron chi connectivity index (χ0n) is 11.0. The number of carboxylic acid groups (broad SMARTS) is 1.